The second-order valence-corrected chi connectivity index (χ2v) is 4.72. The lowest BCUT2D eigenvalue weighted by Crippen LogP contribution is -2.27. The van der Waals surface area contributed by atoms with E-state index in [9.17, 15) is 9.18 Å². The van der Waals surface area contributed by atoms with Gasteiger partial charge in [-0.05, 0) is 12.1 Å². The van der Waals surface area contributed by atoms with Crippen LogP contribution in [0.1, 0.15) is 23.6 Å². The van der Waals surface area contributed by atoms with Crippen molar-refractivity contribution in [2.24, 2.45) is 0 Å². The summed E-state index contributed by atoms with van der Waals surface area (Å²) in [7, 11) is 0. The first-order chi connectivity index (χ1) is 9.74. The van der Waals surface area contributed by atoms with Crippen LogP contribution in [-0.2, 0) is 4.79 Å². The highest BCUT2D eigenvalue weighted by atomic mass is 19.1. The molecular formula is C16H14FN2O+. The average Bonchev–Trinajstić information content (AvgIpc) is 2.83. The number of carbonyl (C=O) groups is 1. The summed E-state index contributed by atoms with van der Waals surface area (Å²) in [5.74, 6) is -0.369. The van der Waals surface area contributed by atoms with Crippen LogP contribution < -0.4 is 5.43 Å². The van der Waals surface area contributed by atoms with E-state index in [4.69, 9.17) is 0 Å². The minimum atomic E-state index is -0.305. The Hall–Kier alpha value is -2.49. The first-order valence-corrected chi connectivity index (χ1v) is 6.46. The quantitative estimate of drug-likeness (QED) is 0.834. The maximum absolute atomic E-state index is 13.7. The third kappa shape index (κ3) is 2.45. The van der Waals surface area contributed by atoms with Gasteiger partial charge in [-0.3, -0.25) is 4.79 Å². The van der Waals surface area contributed by atoms with Crippen molar-refractivity contribution in [3.05, 3.63) is 71.5 Å². The Labute approximate surface area is 116 Å². The van der Waals surface area contributed by atoms with E-state index in [-0.39, 0.29) is 17.8 Å². The highest BCUT2D eigenvalue weighted by Gasteiger charge is 2.35. The highest BCUT2D eigenvalue weighted by Crippen LogP contribution is 2.23. The molecule has 1 aliphatic rings. The number of hydrogen-bond donors (Lipinski definition) is 1. The van der Waals surface area contributed by atoms with Crippen LogP contribution in [-0.4, -0.2) is 16.8 Å². The van der Waals surface area contributed by atoms with Crippen LogP contribution in [0.25, 0.3) is 0 Å². The van der Waals surface area contributed by atoms with Crippen molar-refractivity contribution >= 4 is 12.1 Å². The molecule has 3 rings (SSSR count). The smallest absolute Gasteiger partial charge is 0.269 e. The van der Waals surface area contributed by atoms with Crippen molar-refractivity contribution < 1.29 is 13.9 Å². The first-order valence-electron chi connectivity index (χ1n) is 6.46. The summed E-state index contributed by atoms with van der Waals surface area (Å²) in [6.45, 7) is 0. The Morgan fingerprint density at radius 3 is 2.55 bits per heavy atom. The standard InChI is InChI=1S/C16H13FN2O/c17-14-9-5-4-8-13(14)11-19-15(10-16(20)18-19)12-6-2-1-3-7-12/h1-9,11,15H,10H2/p+1/b19-11-/t15-/m1/s1. The molecular weight excluding hydrogens is 255 g/mol. The first kappa shape index (κ1) is 12.5. The molecule has 0 unspecified atom stereocenters. The Balaban J connectivity index is 1.99. The van der Waals surface area contributed by atoms with Gasteiger partial charge in [-0.25, -0.2) is 4.39 Å². The normalized spacial score (nSPS) is 20.1. The summed E-state index contributed by atoms with van der Waals surface area (Å²) in [5, 5.41) is 0. The van der Waals surface area contributed by atoms with Gasteiger partial charge in [0.1, 0.15) is 12.2 Å². The van der Waals surface area contributed by atoms with Gasteiger partial charge in [0.15, 0.2) is 0 Å². The van der Waals surface area contributed by atoms with Crippen LogP contribution in [0.3, 0.4) is 0 Å². The number of nitrogens with zero attached hydrogens (tertiary/aromatic N) is 1. The highest BCUT2D eigenvalue weighted by molar-refractivity contribution is 5.80. The van der Waals surface area contributed by atoms with Crippen LogP contribution in [0.15, 0.2) is 54.6 Å². The number of hydrazine groups is 1. The molecule has 0 aromatic heterocycles. The van der Waals surface area contributed by atoms with Crippen molar-refractivity contribution in [3.63, 3.8) is 0 Å². The Morgan fingerprint density at radius 1 is 1.10 bits per heavy atom. The molecule has 0 spiro atoms. The van der Waals surface area contributed by atoms with Gasteiger partial charge < -0.3 is 0 Å². The van der Waals surface area contributed by atoms with Gasteiger partial charge >= 0.3 is 0 Å². The SMILES string of the molecule is O=C1C[C@H](c2ccccc2)/[N+](=C/c2ccccc2F)N1. The van der Waals surface area contributed by atoms with E-state index in [0.29, 0.717) is 12.0 Å². The lowest BCUT2D eigenvalue weighted by atomic mass is 10.1. The summed E-state index contributed by atoms with van der Waals surface area (Å²) in [5.41, 5.74) is 4.23. The topological polar surface area (TPSA) is 32.1 Å². The van der Waals surface area contributed by atoms with Gasteiger partial charge in [-0.15, -0.1) is 10.1 Å². The van der Waals surface area contributed by atoms with Gasteiger partial charge in [0.25, 0.3) is 5.91 Å². The van der Waals surface area contributed by atoms with Crippen molar-refractivity contribution in [2.75, 3.05) is 0 Å². The number of hydrazone groups is 1. The van der Waals surface area contributed by atoms with Gasteiger partial charge in [-0.2, -0.15) is 0 Å². The number of benzene rings is 2. The summed E-state index contributed by atoms with van der Waals surface area (Å²) >= 11 is 0. The molecule has 0 radical (unpaired) electrons. The zero-order chi connectivity index (χ0) is 13.9. The van der Waals surface area contributed by atoms with Crippen molar-refractivity contribution in [3.8, 4) is 0 Å². The molecule has 4 heteroatoms. The largest absolute Gasteiger partial charge is 0.281 e. The van der Waals surface area contributed by atoms with E-state index in [1.54, 1.807) is 29.1 Å². The fourth-order valence-corrected chi connectivity index (χ4v) is 2.35. The van der Waals surface area contributed by atoms with Crippen molar-refractivity contribution in [1.82, 2.24) is 5.43 Å². The van der Waals surface area contributed by atoms with E-state index in [2.05, 4.69) is 5.43 Å². The predicted molar refractivity (Wildman–Crippen MR) is 73.8 cm³/mol. The maximum atomic E-state index is 13.7. The molecule has 100 valence electrons. The molecule has 0 bridgehead atoms. The summed E-state index contributed by atoms with van der Waals surface area (Å²) in [6.07, 6.45) is 2.01. The van der Waals surface area contributed by atoms with Gasteiger partial charge in [-0.1, -0.05) is 42.5 Å². The van der Waals surface area contributed by atoms with Crippen LogP contribution in [0.5, 0.6) is 0 Å². The lowest BCUT2D eigenvalue weighted by molar-refractivity contribution is -0.594. The van der Waals surface area contributed by atoms with Crippen LogP contribution in [0, 0.1) is 5.82 Å². The minimum absolute atomic E-state index is 0.0635. The van der Waals surface area contributed by atoms with Crippen LogP contribution in [0.2, 0.25) is 0 Å². The van der Waals surface area contributed by atoms with Crippen LogP contribution >= 0.6 is 0 Å². The predicted octanol–water partition coefficient (Wildman–Crippen LogP) is 2.43. The number of rotatable bonds is 2. The molecule has 2 aromatic carbocycles. The molecule has 1 amide bonds. The molecule has 1 saturated heterocycles. The lowest BCUT2D eigenvalue weighted by Gasteiger charge is -2.05. The molecule has 0 saturated carbocycles. The number of nitrogens with one attached hydrogen (secondary N) is 1. The Morgan fingerprint density at radius 2 is 1.80 bits per heavy atom. The van der Waals surface area contributed by atoms with Crippen molar-refractivity contribution in [2.45, 2.75) is 12.5 Å². The molecule has 1 N–H and O–H groups in total. The Kier molecular flexibility index (Phi) is 3.29. The fraction of sp³-hybridized carbons (Fsp3) is 0.125. The monoisotopic (exact) mass is 269 g/mol. The average molecular weight is 269 g/mol. The summed E-state index contributed by atoms with van der Waals surface area (Å²) in [6, 6.07) is 16.1. The number of carbonyl (C=O) groups excluding carboxylic acids is 1. The Bertz CT molecular complexity index is 667. The molecule has 1 fully saturated rings. The van der Waals surface area contributed by atoms with E-state index >= 15 is 0 Å². The minimum Gasteiger partial charge on any atom is -0.269 e. The zero-order valence-corrected chi connectivity index (χ0v) is 10.8. The van der Waals surface area contributed by atoms with Gasteiger partial charge in [0.2, 0.25) is 12.3 Å². The van der Waals surface area contributed by atoms with E-state index < -0.39 is 0 Å². The summed E-state index contributed by atoms with van der Waals surface area (Å²) in [4.78, 5) is 11.6. The maximum Gasteiger partial charge on any atom is 0.281 e. The van der Waals surface area contributed by atoms with Crippen molar-refractivity contribution in [1.29, 1.82) is 0 Å². The fourth-order valence-electron chi connectivity index (χ4n) is 2.35. The van der Waals surface area contributed by atoms with Crippen LogP contribution in [0.4, 0.5) is 4.39 Å². The van der Waals surface area contributed by atoms with E-state index in [0.717, 1.165) is 5.56 Å². The van der Waals surface area contributed by atoms with E-state index in [1.165, 1.54) is 6.07 Å². The number of halogens is 1. The van der Waals surface area contributed by atoms with Gasteiger partial charge in [0, 0.05) is 5.56 Å². The molecule has 2 aromatic rings. The molecule has 20 heavy (non-hydrogen) atoms. The third-order valence-corrected chi connectivity index (χ3v) is 3.34. The molecule has 0 aliphatic carbocycles. The molecule has 1 heterocycles. The third-order valence-electron chi connectivity index (χ3n) is 3.34. The summed E-state index contributed by atoms with van der Waals surface area (Å²) < 4.78 is 15.4. The molecule has 3 nitrogen and oxygen atoms in total. The number of hydrogen-bond acceptors (Lipinski definition) is 1. The second-order valence-electron chi connectivity index (χ2n) is 4.72. The van der Waals surface area contributed by atoms with E-state index in [1.807, 2.05) is 30.3 Å². The molecule has 1 atom stereocenters. The molecule has 1 aliphatic heterocycles. The zero-order valence-electron chi connectivity index (χ0n) is 10.8. The number of amides is 1. The van der Waals surface area contributed by atoms with Gasteiger partial charge in [0.05, 0.1) is 5.56 Å². The second kappa shape index (κ2) is 5.25.